The number of amides is 3. The van der Waals surface area contributed by atoms with Crippen LogP contribution in [0.4, 0.5) is 0 Å². The van der Waals surface area contributed by atoms with E-state index in [1.54, 1.807) is 20.8 Å². The maximum Gasteiger partial charge on any atom is 0.397 e. The Morgan fingerprint density at radius 3 is 1.83 bits per heavy atom. The molecule has 3 amide bonds. The summed E-state index contributed by atoms with van der Waals surface area (Å²) in [6, 6.07) is -2.90. The van der Waals surface area contributed by atoms with Crippen molar-refractivity contribution in [2.45, 2.75) is 149 Å². The zero-order chi connectivity index (χ0) is 35.0. The number of rotatable bonds is 18. The van der Waals surface area contributed by atoms with Crippen LogP contribution in [0.5, 0.6) is 0 Å². The second-order valence-corrected chi connectivity index (χ2v) is 13.9. The van der Waals surface area contributed by atoms with Gasteiger partial charge in [0.1, 0.15) is 30.0 Å². The van der Waals surface area contributed by atoms with Gasteiger partial charge in [-0.05, 0) is 19.3 Å². The Morgan fingerprint density at radius 2 is 1.33 bits per heavy atom. The molecule has 7 atom stereocenters. The fourth-order valence-corrected chi connectivity index (χ4v) is 5.99. The molecule has 0 aliphatic carbocycles. The van der Waals surface area contributed by atoms with E-state index in [-0.39, 0.29) is 0 Å². The van der Waals surface area contributed by atoms with Crippen LogP contribution in [0.15, 0.2) is 12.3 Å². The Balaban J connectivity index is 3.02. The van der Waals surface area contributed by atoms with Crippen LogP contribution >= 0.6 is 0 Å². The van der Waals surface area contributed by atoms with Crippen molar-refractivity contribution in [3.63, 3.8) is 0 Å². The SMILES string of the molecule is C=C1NC(=O)[C@H]([C@H](C)OS(=O)(=O)O)NC(=O)[C@H](C(C)C)NC(=O)[C@@H](C)[C@@H]([C@@H](C)[C@@H](O)CCCCCCCCCCCCC)OC1=O. The van der Waals surface area contributed by atoms with Crippen LogP contribution in [0.25, 0.3) is 0 Å². The molecule has 0 unspecified atom stereocenters. The third-order valence-electron chi connectivity index (χ3n) is 8.47. The number of cyclic esters (lactones) is 1. The molecule has 13 nitrogen and oxygen atoms in total. The molecule has 0 radical (unpaired) electrons. The highest BCUT2D eigenvalue weighted by atomic mass is 32.3. The molecule has 0 bridgehead atoms. The van der Waals surface area contributed by atoms with E-state index in [9.17, 15) is 32.7 Å². The van der Waals surface area contributed by atoms with Crippen LogP contribution in [0.3, 0.4) is 0 Å². The number of aliphatic hydroxyl groups excluding tert-OH is 1. The lowest BCUT2D eigenvalue weighted by atomic mass is 9.86. The minimum absolute atomic E-state index is 0.433. The summed E-state index contributed by atoms with van der Waals surface area (Å²) in [6.07, 6.45) is 9.48. The van der Waals surface area contributed by atoms with Crippen LogP contribution in [0.1, 0.15) is 119 Å². The maximum atomic E-state index is 13.4. The number of hydrogen-bond acceptors (Lipinski definition) is 9. The van der Waals surface area contributed by atoms with E-state index in [2.05, 4.69) is 33.6 Å². The van der Waals surface area contributed by atoms with Crippen molar-refractivity contribution < 1.29 is 46.2 Å². The smallest absolute Gasteiger partial charge is 0.397 e. The second-order valence-electron chi connectivity index (χ2n) is 12.8. The molecule has 0 aromatic heterocycles. The first-order valence-corrected chi connectivity index (χ1v) is 18.0. The average Bonchev–Trinajstić information content (AvgIpc) is 2.97. The predicted octanol–water partition coefficient (Wildman–Crippen LogP) is 3.71. The predicted molar refractivity (Wildman–Crippen MR) is 173 cm³/mol. The Hall–Kier alpha value is -2.55. The first-order valence-electron chi connectivity index (χ1n) is 16.6. The first kappa shape index (κ1) is 41.5. The van der Waals surface area contributed by atoms with Crippen molar-refractivity contribution >= 4 is 34.1 Å². The molecule has 5 N–H and O–H groups in total. The Labute approximate surface area is 275 Å². The Kier molecular flexibility index (Phi) is 18.6. The number of ether oxygens (including phenoxy) is 1. The molecule has 46 heavy (non-hydrogen) atoms. The molecule has 1 rings (SSSR count). The van der Waals surface area contributed by atoms with E-state index in [0.717, 1.165) is 32.6 Å². The van der Waals surface area contributed by atoms with Gasteiger partial charge >= 0.3 is 16.4 Å². The molecule has 0 aromatic rings. The van der Waals surface area contributed by atoms with Crippen molar-refractivity contribution in [1.29, 1.82) is 0 Å². The van der Waals surface area contributed by atoms with Crippen molar-refractivity contribution in [2.75, 3.05) is 0 Å². The van der Waals surface area contributed by atoms with E-state index in [0.29, 0.717) is 6.42 Å². The topological polar surface area (TPSA) is 197 Å². The van der Waals surface area contributed by atoms with E-state index < -0.39 is 87.9 Å². The summed E-state index contributed by atoms with van der Waals surface area (Å²) in [4.78, 5) is 52.8. The largest absolute Gasteiger partial charge is 0.457 e. The van der Waals surface area contributed by atoms with E-state index in [1.807, 2.05) is 0 Å². The molecule has 1 saturated heterocycles. The quantitative estimate of drug-likeness (QED) is 0.0618. The van der Waals surface area contributed by atoms with Gasteiger partial charge in [0.15, 0.2) is 0 Å². The standard InChI is InChI=1S/C32H57N3O10S/c1-8-9-10-11-12-13-14-15-16-17-18-19-25(36)21(4)28-22(5)29(37)34-26(20(2)3)30(38)35-27(24(7)45-46(41,42)43)31(39)33-23(6)32(40)44-28/h20-22,24-28,36H,6,8-19H2,1-5,7H3,(H,33,39)(H,34,37)(H,35,38)(H,41,42,43)/t21-,22-,24-,25-,26-,27-,28+/m0/s1. The van der Waals surface area contributed by atoms with Gasteiger partial charge < -0.3 is 25.8 Å². The summed E-state index contributed by atoms with van der Waals surface area (Å²) < 4.78 is 41.9. The van der Waals surface area contributed by atoms with Gasteiger partial charge in [0.05, 0.1) is 12.0 Å². The van der Waals surface area contributed by atoms with Crippen LogP contribution in [0, 0.1) is 17.8 Å². The van der Waals surface area contributed by atoms with Gasteiger partial charge in [-0.2, -0.15) is 8.42 Å². The lowest BCUT2D eigenvalue weighted by Crippen LogP contribution is -2.59. The number of carbonyl (C=O) groups is 4. The van der Waals surface area contributed by atoms with Gasteiger partial charge in [-0.1, -0.05) is 112 Å². The molecular weight excluding hydrogens is 618 g/mol. The average molecular weight is 676 g/mol. The normalized spacial score (nSPS) is 24.1. The summed E-state index contributed by atoms with van der Waals surface area (Å²) in [5.41, 5.74) is -0.548. The number of esters is 1. The number of nitrogens with one attached hydrogen (secondary N) is 3. The third-order valence-corrected chi connectivity index (χ3v) is 9.02. The van der Waals surface area contributed by atoms with Crippen LogP contribution in [0.2, 0.25) is 0 Å². The van der Waals surface area contributed by atoms with Gasteiger partial charge in [0, 0.05) is 5.92 Å². The molecule has 0 spiro atoms. The minimum Gasteiger partial charge on any atom is -0.457 e. The molecule has 266 valence electrons. The van der Waals surface area contributed by atoms with Gasteiger partial charge in [-0.15, -0.1) is 0 Å². The summed E-state index contributed by atoms with van der Waals surface area (Å²) in [7, 11) is -5.02. The van der Waals surface area contributed by atoms with Gasteiger partial charge in [0.2, 0.25) is 17.7 Å². The van der Waals surface area contributed by atoms with E-state index >= 15 is 0 Å². The summed E-state index contributed by atoms with van der Waals surface area (Å²) >= 11 is 0. The van der Waals surface area contributed by atoms with Gasteiger partial charge in [0.25, 0.3) is 0 Å². The fraction of sp³-hybridized carbons (Fsp3) is 0.812. The monoisotopic (exact) mass is 675 g/mol. The Morgan fingerprint density at radius 1 is 0.826 bits per heavy atom. The molecule has 0 aromatic carbocycles. The number of unbranched alkanes of at least 4 members (excludes halogenated alkanes) is 10. The number of hydrogen-bond donors (Lipinski definition) is 5. The molecule has 1 heterocycles. The van der Waals surface area contributed by atoms with E-state index in [4.69, 9.17) is 9.29 Å². The van der Waals surface area contributed by atoms with Crippen molar-refractivity contribution in [1.82, 2.24) is 16.0 Å². The summed E-state index contributed by atoms with van der Waals surface area (Å²) in [5, 5.41) is 18.2. The molecule has 1 aliphatic heterocycles. The zero-order valence-corrected chi connectivity index (χ0v) is 29.2. The molecule has 1 aliphatic rings. The second kappa shape index (κ2) is 20.6. The van der Waals surface area contributed by atoms with Crippen LogP contribution < -0.4 is 16.0 Å². The first-order chi connectivity index (χ1) is 21.5. The third kappa shape index (κ3) is 14.9. The highest BCUT2D eigenvalue weighted by molar-refractivity contribution is 7.80. The highest BCUT2D eigenvalue weighted by Crippen LogP contribution is 2.25. The lowest BCUT2D eigenvalue weighted by Gasteiger charge is -2.33. The van der Waals surface area contributed by atoms with E-state index in [1.165, 1.54) is 51.9 Å². The molecule has 0 saturated carbocycles. The molecule has 14 heteroatoms. The summed E-state index contributed by atoms with van der Waals surface area (Å²) in [5.74, 6) is -5.81. The van der Waals surface area contributed by atoms with Crippen molar-refractivity contribution in [3.05, 3.63) is 12.3 Å². The zero-order valence-electron chi connectivity index (χ0n) is 28.4. The minimum atomic E-state index is -5.02. The summed E-state index contributed by atoms with van der Waals surface area (Å²) in [6.45, 7) is 13.3. The molecule has 1 fully saturated rings. The fourth-order valence-electron chi connectivity index (χ4n) is 5.49. The van der Waals surface area contributed by atoms with Crippen molar-refractivity contribution in [3.8, 4) is 0 Å². The van der Waals surface area contributed by atoms with Gasteiger partial charge in [-0.25, -0.2) is 8.98 Å². The van der Waals surface area contributed by atoms with Crippen molar-refractivity contribution in [2.24, 2.45) is 17.8 Å². The number of aliphatic hydroxyl groups is 1. The lowest BCUT2D eigenvalue weighted by molar-refractivity contribution is -0.157. The van der Waals surface area contributed by atoms with Crippen LogP contribution in [-0.2, 0) is 38.5 Å². The number of carbonyl (C=O) groups excluding carboxylic acids is 4. The maximum absolute atomic E-state index is 13.4. The van der Waals surface area contributed by atoms with Crippen LogP contribution in [-0.4, -0.2) is 72.2 Å². The Bertz CT molecular complexity index is 1110. The van der Waals surface area contributed by atoms with Gasteiger partial charge in [-0.3, -0.25) is 18.9 Å². The highest BCUT2D eigenvalue weighted by Gasteiger charge is 2.40. The molecular formula is C32H57N3O10S.